The average molecular weight is 316 g/mol. The zero-order chi connectivity index (χ0) is 15.9. The molecule has 1 aromatic rings. The van der Waals surface area contributed by atoms with Crippen LogP contribution >= 0.6 is 11.5 Å². The Morgan fingerprint density at radius 2 is 2.29 bits per heavy atom. The number of amides is 1. The Morgan fingerprint density at radius 1 is 1.57 bits per heavy atom. The van der Waals surface area contributed by atoms with Gasteiger partial charge in [-0.15, -0.1) is 5.10 Å². The van der Waals surface area contributed by atoms with Gasteiger partial charge in [0.15, 0.2) is 0 Å². The first kappa shape index (κ1) is 17.8. The fourth-order valence-corrected chi connectivity index (χ4v) is 2.05. The zero-order valence-electron chi connectivity index (χ0n) is 13.0. The van der Waals surface area contributed by atoms with Gasteiger partial charge < -0.3 is 20.1 Å². The Morgan fingerprint density at radius 3 is 2.81 bits per heavy atom. The summed E-state index contributed by atoms with van der Waals surface area (Å²) in [6.07, 6.45) is -1.01. The van der Waals surface area contributed by atoms with Gasteiger partial charge in [0.25, 0.3) is 0 Å². The van der Waals surface area contributed by atoms with Crippen molar-refractivity contribution in [2.24, 2.45) is 0 Å². The molecule has 1 unspecified atom stereocenters. The molecule has 0 aliphatic heterocycles. The van der Waals surface area contributed by atoms with E-state index < -0.39 is 17.8 Å². The Bertz CT molecular complexity index is 418. The number of aliphatic hydroxyl groups is 1. The normalized spacial score (nSPS) is 13.0. The van der Waals surface area contributed by atoms with Crippen LogP contribution in [0.3, 0.4) is 0 Å². The monoisotopic (exact) mass is 316 g/mol. The van der Waals surface area contributed by atoms with E-state index in [0.29, 0.717) is 19.6 Å². The molecule has 7 nitrogen and oxygen atoms in total. The molecule has 0 saturated heterocycles. The number of carbonyl (C=O) groups is 1. The molecule has 120 valence electrons. The highest BCUT2D eigenvalue weighted by atomic mass is 32.1. The van der Waals surface area contributed by atoms with Crippen LogP contribution in [0.4, 0.5) is 4.79 Å². The van der Waals surface area contributed by atoms with E-state index in [9.17, 15) is 9.90 Å². The number of aliphatic hydroxyl groups excluding tert-OH is 1. The van der Waals surface area contributed by atoms with Gasteiger partial charge in [-0.3, -0.25) is 0 Å². The number of nitrogens with zero attached hydrogens (tertiary/aromatic N) is 3. The smallest absolute Gasteiger partial charge is 0.410 e. The molecule has 2 N–H and O–H groups in total. The van der Waals surface area contributed by atoms with E-state index in [1.807, 2.05) is 26.2 Å². The van der Waals surface area contributed by atoms with Gasteiger partial charge >= 0.3 is 6.09 Å². The molecule has 0 spiro atoms. The Hall–Kier alpha value is -1.25. The molecule has 8 heteroatoms. The molecular weight excluding hydrogens is 292 g/mol. The van der Waals surface area contributed by atoms with Crippen molar-refractivity contribution in [3.05, 3.63) is 11.1 Å². The summed E-state index contributed by atoms with van der Waals surface area (Å²) in [5, 5.41) is 18.5. The van der Waals surface area contributed by atoms with Crippen molar-refractivity contribution in [1.29, 1.82) is 0 Å². The van der Waals surface area contributed by atoms with Crippen molar-refractivity contribution < 1.29 is 14.6 Å². The summed E-state index contributed by atoms with van der Waals surface area (Å²) in [6.45, 7) is 8.99. The molecule has 1 rings (SSSR count). The highest BCUT2D eigenvalue weighted by Gasteiger charge is 2.22. The molecule has 1 aromatic heterocycles. The minimum Gasteiger partial charge on any atom is -0.444 e. The van der Waals surface area contributed by atoms with Crippen molar-refractivity contribution >= 4 is 17.6 Å². The summed E-state index contributed by atoms with van der Waals surface area (Å²) in [5.41, 5.74) is 0.326. The third-order valence-electron chi connectivity index (χ3n) is 2.41. The molecule has 0 saturated carbocycles. The first-order chi connectivity index (χ1) is 9.78. The lowest BCUT2D eigenvalue weighted by atomic mass is 10.2. The Balaban J connectivity index is 2.40. The number of carbonyl (C=O) groups excluding carboxylic acids is 1. The lowest BCUT2D eigenvalue weighted by molar-refractivity contribution is 0.0164. The largest absolute Gasteiger partial charge is 0.444 e. The maximum Gasteiger partial charge on any atom is 0.410 e. The summed E-state index contributed by atoms with van der Waals surface area (Å²) in [5.74, 6) is 0. The molecule has 0 fully saturated rings. The summed E-state index contributed by atoms with van der Waals surface area (Å²) in [4.78, 5) is 13.6. The topological polar surface area (TPSA) is 87.6 Å². The van der Waals surface area contributed by atoms with Crippen molar-refractivity contribution in [3.63, 3.8) is 0 Å². The molecule has 0 aliphatic rings. The highest BCUT2D eigenvalue weighted by Crippen LogP contribution is 2.10. The van der Waals surface area contributed by atoms with Gasteiger partial charge in [0.1, 0.15) is 5.60 Å². The molecule has 21 heavy (non-hydrogen) atoms. The highest BCUT2D eigenvalue weighted by molar-refractivity contribution is 7.03. The van der Waals surface area contributed by atoms with E-state index in [4.69, 9.17) is 4.74 Å². The minimum atomic E-state index is -0.597. The second-order valence-electron chi connectivity index (χ2n) is 5.85. The number of hydrogen-bond acceptors (Lipinski definition) is 7. The predicted molar refractivity (Wildman–Crippen MR) is 81.1 cm³/mol. The fourth-order valence-electron chi connectivity index (χ4n) is 1.59. The number of rotatable bonds is 7. The van der Waals surface area contributed by atoms with E-state index in [2.05, 4.69) is 14.9 Å². The van der Waals surface area contributed by atoms with Crippen LogP contribution in [0.1, 0.15) is 33.4 Å². The second kappa shape index (κ2) is 8.26. The van der Waals surface area contributed by atoms with Crippen molar-refractivity contribution in [2.45, 2.75) is 45.9 Å². The summed E-state index contributed by atoms with van der Waals surface area (Å²) >= 11 is 1.30. The lowest BCUT2D eigenvalue weighted by Crippen LogP contribution is -2.43. The minimum absolute atomic E-state index is 0.245. The molecule has 0 aliphatic carbocycles. The summed E-state index contributed by atoms with van der Waals surface area (Å²) < 4.78 is 9.11. The first-order valence-corrected chi connectivity index (χ1v) is 7.74. The molecule has 0 bridgehead atoms. The van der Waals surface area contributed by atoms with Crippen LogP contribution in [-0.2, 0) is 11.3 Å². The van der Waals surface area contributed by atoms with Crippen LogP contribution in [0, 0.1) is 0 Å². The van der Waals surface area contributed by atoms with Crippen molar-refractivity contribution in [1.82, 2.24) is 19.8 Å². The van der Waals surface area contributed by atoms with Gasteiger partial charge in [-0.25, -0.2) is 4.79 Å². The van der Waals surface area contributed by atoms with Crippen LogP contribution in [0.5, 0.6) is 0 Å². The van der Waals surface area contributed by atoms with Gasteiger partial charge in [0, 0.05) is 31.6 Å². The average Bonchev–Trinajstić information content (AvgIpc) is 2.83. The first-order valence-electron chi connectivity index (χ1n) is 6.90. The van der Waals surface area contributed by atoms with Crippen LogP contribution in [0.15, 0.2) is 5.38 Å². The van der Waals surface area contributed by atoms with Gasteiger partial charge in [0.05, 0.1) is 11.8 Å². The van der Waals surface area contributed by atoms with Crippen molar-refractivity contribution in [3.8, 4) is 0 Å². The van der Waals surface area contributed by atoms with E-state index in [0.717, 1.165) is 5.69 Å². The molecule has 0 radical (unpaired) electrons. The number of hydrogen-bond donors (Lipinski definition) is 2. The fraction of sp³-hybridized carbons (Fsp3) is 0.769. The zero-order valence-corrected chi connectivity index (χ0v) is 13.8. The van der Waals surface area contributed by atoms with Gasteiger partial charge in [-0.05, 0) is 39.2 Å². The van der Waals surface area contributed by atoms with Crippen molar-refractivity contribution in [2.75, 3.05) is 19.6 Å². The SMILES string of the molecule is CC(O)CN(CCNCc1csnn1)C(=O)OC(C)(C)C. The van der Waals surface area contributed by atoms with Crippen LogP contribution in [0.25, 0.3) is 0 Å². The second-order valence-corrected chi connectivity index (χ2v) is 6.46. The Labute approximate surface area is 129 Å². The van der Waals surface area contributed by atoms with E-state index in [1.165, 1.54) is 16.4 Å². The molecule has 1 amide bonds. The van der Waals surface area contributed by atoms with Crippen LogP contribution < -0.4 is 5.32 Å². The standard InChI is InChI=1S/C13H24N4O3S/c1-10(18)8-17(12(19)20-13(2,3)4)6-5-14-7-11-9-21-16-15-11/h9-10,14,18H,5-8H2,1-4H3. The maximum atomic E-state index is 12.1. The number of ether oxygens (including phenoxy) is 1. The predicted octanol–water partition coefficient (Wildman–Crippen LogP) is 1.25. The van der Waals surface area contributed by atoms with E-state index in [1.54, 1.807) is 6.92 Å². The van der Waals surface area contributed by atoms with E-state index >= 15 is 0 Å². The summed E-state index contributed by atoms with van der Waals surface area (Å²) in [6, 6.07) is 0. The number of nitrogens with one attached hydrogen (secondary N) is 1. The molecule has 1 atom stereocenters. The lowest BCUT2D eigenvalue weighted by Gasteiger charge is -2.28. The summed E-state index contributed by atoms with van der Waals surface area (Å²) in [7, 11) is 0. The number of aromatic nitrogens is 2. The third kappa shape index (κ3) is 7.93. The van der Waals surface area contributed by atoms with Crippen LogP contribution in [-0.4, -0.2) is 57.0 Å². The quantitative estimate of drug-likeness (QED) is 0.736. The third-order valence-corrected chi connectivity index (χ3v) is 2.96. The molecule has 0 aromatic carbocycles. The Kier molecular flexibility index (Phi) is 7.00. The van der Waals surface area contributed by atoms with Crippen LogP contribution in [0.2, 0.25) is 0 Å². The molecule has 1 heterocycles. The molecular formula is C13H24N4O3S. The van der Waals surface area contributed by atoms with Gasteiger partial charge in [-0.1, -0.05) is 4.49 Å². The van der Waals surface area contributed by atoms with Gasteiger partial charge in [0.2, 0.25) is 0 Å². The van der Waals surface area contributed by atoms with E-state index in [-0.39, 0.29) is 6.54 Å². The maximum absolute atomic E-state index is 12.1. The van der Waals surface area contributed by atoms with Gasteiger partial charge in [-0.2, -0.15) is 0 Å².